The highest BCUT2D eigenvalue weighted by atomic mass is 35.5. The van der Waals surface area contributed by atoms with Crippen LogP contribution >= 0.6 is 23.2 Å². The summed E-state index contributed by atoms with van der Waals surface area (Å²) in [7, 11) is 3.22. The van der Waals surface area contributed by atoms with Gasteiger partial charge in [0.05, 0.1) is 10.0 Å². The molecule has 0 spiro atoms. The fourth-order valence-corrected chi connectivity index (χ4v) is 0.855. The zero-order valence-electron chi connectivity index (χ0n) is 5.10. The number of ether oxygens (including phenoxy) is 1. The van der Waals surface area contributed by atoms with Gasteiger partial charge in [0, 0.05) is 6.07 Å². The summed E-state index contributed by atoms with van der Waals surface area (Å²) in [5.74, 6) is 0.606. The molecule has 0 aliphatic rings. The van der Waals surface area contributed by atoms with E-state index in [1.165, 1.54) is 0 Å². The van der Waals surface area contributed by atoms with E-state index >= 15 is 0 Å². The lowest BCUT2D eigenvalue weighted by Gasteiger charge is -1.99. The molecular weight excluding hydrogens is 171 g/mol. The van der Waals surface area contributed by atoms with E-state index in [1.54, 1.807) is 18.2 Å². The second-order valence-electron chi connectivity index (χ2n) is 1.72. The van der Waals surface area contributed by atoms with Crippen LogP contribution in [0.1, 0.15) is 0 Å². The van der Waals surface area contributed by atoms with Crippen molar-refractivity contribution in [3.63, 3.8) is 0 Å². The zero-order chi connectivity index (χ0) is 7.56. The minimum absolute atomic E-state index is 0.475. The van der Waals surface area contributed by atoms with E-state index in [-0.39, 0.29) is 0 Å². The average Bonchev–Trinajstić information content (AvgIpc) is 1.95. The van der Waals surface area contributed by atoms with Gasteiger partial charge in [-0.1, -0.05) is 23.2 Å². The smallest absolute Gasteiger partial charge is 0.122 e. The van der Waals surface area contributed by atoms with Crippen molar-refractivity contribution >= 4 is 23.2 Å². The molecule has 53 valence electrons. The van der Waals surface area contributed by atoms with E-state index in [4.69, 9.17) is 23.2 Å². The Labute approximate surface area is 69.5 Å². The van der Waals surface area contributed by atoms with E-state index in [2.05, 4.69) is 11.8 Å². The van der Waals surface area contributed by atoms with Gasteiger partial charge in [0.2, 0.25) is 0 Å². The van der Waals surface area contributed by atoms with Gasteiger partial charge >= 0.3 is 0 Å². The largest absolute Gasteiger partial charge is 0.490 e. The van der Waals surface area contributed by atoms with Crippen LogP contribution in [-0.4, -0.2) is 0 Å². The molecule has 3 heteroatoms. The molecule has 0 aliphatic heterocycles. The van der Waals surface area contributed by atoms with Crippen molar-refractivity contribution in [1.29, 1.82) is 0 Å². The van der Waals surface area contributed by atoms with Crippen LogP contribution in [0.2, 0.25) is 10.0 Å². The minimum atomic E-state index is 0.475. The Balaban J connectivity index is 3.04. The molecule has 0 bridgehead atoms. The van der Waals surface area contributed by atoms with Crippen LogP contribution in [0.25, 0.3) is 0 Å². The maximum atomic E-state index is 5.65. The number of benzene rings is 1. The van der Waals surface area contributed by atoms with Gasteiger partial charge < -0.3 is 4.74 Å². The van der Waals surface area contributed by atoms with Crippen molar-refractivity contribution in [2.45, 2.75) is 0 Å². The van der Waals surface area contributed by atoms with Gasteiger partial charge in [0.1, 0.15) is 12.9 Å². The van der Waals surface area contributed by atoms with E-state index < -0.39 is 0 Å². The fraction of sp³-hybridized carbons (Fsp3) is 0. The molecule has 0 fully saturated rings. The number of rotatable bonds is 1. The zero-order valence-corrected chi connectivity index (χ0v) is 6.62. The van der Waals surface area contributed by atoms with E-state index in [0.717, 1.165) is 0 Å². The second kappa shape index (κ2) is 3.13. The normalized spacial score (nSPS) is 9.50. The third-order valence-electron chi connectivity index (χ3n) is 1.06. The lowest BCUT2D eigenvalue weighted by atomic mass is 10.3. The molecule has 1 aromatic rings. The van der Waals surface area contributed by atoms with Gasteiger partial charge in [0.15, 0.2) is 0 Å². The molecular formula is C7H5Cl2O. The minimum Gasteiger partial charge on any atom is -0.490 e. The Bertz CT molecular complexity index is 235. The topological polar surface area (TPSA) is 9.23 Å². The predicted octanol–water partition coefficient (Wildman–Crippen LogP) is 3.16. The first-order valence-corrected chi connectivity index (χ1v) is 3.36. The standard InChI is InChI=1S/C7H5Cl2O/c1-10-5-2-3-6(8)7(9)4-5/h2-4H,1H2. The Morgan fingerprint density at radius 3 is 2.40 bits per heavy atom. The van der Waals surface area contributed by atoms with Crippen LogP contribution in [-0.2, 0) is 0 Å². The van der Waals surface area contributed by atoms with Crippen LogP contribution in [0.15, 0.2) is 18.2 Å². The van der Waals surface area contributed by atoms with Gasteiger partial charge in [-0.05, 0) is 12.1 Å². The molecule has 1 aromatic carbocycles. The molecule has 1 radical (unpaired) electrons. The second-order valence-corrected chi connectivity index (χ2v) is 2.53. The maximum absolute atomic E-state index is 5.65. The molecule has 0 saturated carbocycles. The van der Waals surface area contributed by atoms with Gasteiger partial charge in [-0.3, -0.25) is 0 Å². The summed E-state index contributed by atoms with van der Waals surface area (Å²) in [6.07, 6.45) is 0. The Morgan fingerprint density at radius 2 is 1.90 bits per heavy atom. The summed E-state index contributed by atoms with van der Waals surface area (Å²) < 4.78 is 4.66. The predicted molar refractivity (Wildman–Crippen MR) is 42.4 cm³/mol. The van der Waals surface area contributed by atoms with Crippen molar-refractivity contribution in [3.05, 3.63) is 35.4 Å². The van der Waals surface area contributed by atoms with Crippen molar-refractivity contribution in [3.8, 4) is 5.75 Å². The van der Waals surface area contributed by atoms with Crippen LogP contribution < -0.4 is 4.74 Å². The monoisotopic (exact) mass is 175 g/mol. The van der Waals surface area contributed by atoms with Crippen molar-refractivity contribution in [2.75, 3.05) is 0 Å². The van der Waals surface area contributed by atoms with Crippen molar-refractivity contribution in [2.24, 2.45) is 0 Å². The Hall–Kier alpha value is -0.400. The average molecular weight is 176 g/mol. The van der Waals surface area contributed by atoms with Gasteiger partial charge in [-0.2, -0.15) is 0 Å². The molecule has 0 aliphatic carbocycles. The van der Waals surface area contributed by atoms with Crippen molar-refractivity contribution < 1.29 is 4.74 Å². The summed E-state index contributed by atoms with van der Waals surface area (Å²) in [4.78, 5) is 0. The summed E-state index contributed by atoms with van der Waals surface area (Å²) in [6.45, 7) is 0. The van der Waals surface area contributed by atoms with Gasteiger partial charge in [0.25, 0.3) is 0 Å². The van der Waals surface area contributed by atoms with E-state index in [9.17, 15) is 0 Å². The molecule has 0 atom stereocenters. The van der Waals surface area contributed by atoms with E-state index in [0.29, 0.717) is 15.8 Å². The summed E-state index contributed by atoms with van der Waals surface area (Å²) >= 11 is 11.3. The first-order valence-electron chi connectivity index (χ1n) is 2.61. The highest BCUT2D eigenvalue weighted by molar-refractivity contribution is 6.42. The highest BCUT2D eigenvalue weighted by Gasteiger charge is 1.97. The molecule has 0 N–H and O–H groups in total. The molecule has 0 aromatic heterocycles. The van der Waals surface area contributed by atoms with Crippen LogP contribution in [0.5, 0.6) is 5.75 Å². The molecule has 10 heavy (non-hydrogen) atoms. The van der Waals surface area contributed by atoms with E-state index in [1.807, 2.05) is 0 Å². The highest BCUT2D eigenvalue weighted by Crippen LogP contribution is 2.25. The summed E-state index contributed by atoms with van der Waals surface area (Å²) in [5, 5.41) is 0.991. The first kappa shape index (κ1) is 7.70. The van der Waals surface area contributed by atoms with Crippen LogP contribution in [0.3, 0.4) is 0 Å². The van der Waals surface area contributed by atoms with Crippen LogP contribution in [0.4, 0.5) is 0 Å². The number of hydrogen-bond acceptors (Lipinski definition) is 1. The lowest BCUT2D eigenvalue weighted by molar-refractivity contribution is 0.473. The molecule has 0 unspecified atom stereocenters. The third-order valence-corrected chi connectivity index (χ3v) is 1.80. The Morgan fingerprint density at radius 1 is 1.20 bits per heavy atom. The maximum Gasteiger partial charge on any atom is 0.122 e. The van der Waals surface area contributed by atoms with Gasteiger partial charge in [-0.15, -0.1) is 0 Å². The fourth-order valence-electron chi connectivity index (χ4n) is 0.567. The molecule has 0 heterocycles. The molecule has 1 rings (SSSR count). The SMILES string of the molecule is [CH2]Oc1ccc(Cl)c(Cl)c1. The molecule has 0 amide bonds. The van der Waals surface area contributed by atoms with Gasteiger partial charge in [-0.25, -0.2) is 0 Å². The molecule has 0 saturated heterocycles. The molecule has 1 nitrogen and oxygen atoms in total. The third kappa shape index (κ3) is 1.55. The summed E-state index contributed by atoms with van der Waals surface area (Å²) in [6, 6.07) is 4.96. The lowest BCUT2D eigenvalue weighted by Crippen LogP contribution is -1.77. The van der Waals surface area contributed by atoms with Crippen LogP contribution in [0, 0.1) is 7.11 Å². The quantitative estimate of drug-likeness (QED) is 0.638. The first-order chi connectivity index (χ1) is 4.74. The number of hydrogen-bond donors (Lipinski definition) is 0. The number of halogens is 2. The Kier molecular flexibility index (Phi) is 2.41. The summed E-state index contributed by atoms with van der Waals surface area (Å²) in [5.41, 5.74) is 0. The van der Waals surface area contributed by atoms with Crippen molar-refractivity contribution in [1.82, 2.24) is 0 Å².